The van der Waals surface area contributed by atoms with E-state index in [4.69, 9.17) is 9.47 Å². The zero-order valence-corrected chi connectivity index (χ0v) is 6.64. The predicted molar refractivity (Wildman–Crippen MR) is 39.8 cm³/mol. The third kappa shape index (κ3) is 2.67. The first-order valence-electron chi connectivity index (χ1n) is 4.16. The third-order valence-corrected chi connectivity index (χ3v) is 1.67. The summed E-state index contributed by atoms with van der Waals surface area (Å²) in [6.45, 7) is 3.91. The fraction of sp³-hybridized carbons (Fsp3) is 1.00. The first-order valence-corrected chi connectivity index (χ1v) is 4.16. The van der Waals surface area contributed by atoms with E-state index in [1.807, 2.05) is 0 Å². The maximum absolute atomic E-state index is 5.42. The predicted octanol–water partition coefficient (Wildman–Crippen LogP) is 1.94. The Morgan fingerprint density at radius 1 is 1.20 bits per heavy atom. The fourth-order valence-electron chi connectivity index (χ4n) is 1.08. The van der Waals surface area contributed by atoms with Crippen LogP contribution in [-0.2, 0) is 9.47 Å². The van der Waals surface area contributed by atoms with Crippen LogP contribution in [0.15, 0.2) is 0 Å². The van der Waals surface area contributed by atoms with Crippen molar-refractivity contribution in [3.8, 4) is 0 Å². The van der Waals surface area contributed by atoms with E-state index in [-0.39, 0.29) is 6.29 Å². The molecule has 10 heavy (non-hydrogen) atoms. The number of hydrogen-bond acceptors (Lipinski definition) is 2. The van der Waals surface area contributed by atoms with Gasteiger partial charge < -0.3 is 9.47 Å². The Kier molecular flexibility index (Phi) is 3.76. The molecule has 1 aliphatic rings. The Bertz CT molecular complexity index is 75.3. The minimum absolute atomic E-state index is 0.0903. The van der Waals surface area contributed by atoms with Gasteiger partial charge in [-0.05, 0) is 19.3 Å². The van der Waals surface area contributed by atoms with Crippen LogP contribution >= 0.6 is 0 Å². The summed E-state index contributed by atoms with van der Waals surface area (Å²) in [7, 11) is 0. The minimum Gasteiger partial charge on any atom is -0.353 e. The Labute approximate surface area is 62.5 Å². The highest BCUT2D eigenvalue weighted by molar-refractivity contribution is 4.49. The van der Waals surface area contributed by atoms with E-state index >= 15 is 0 Å². The van der Waals surface area contributed by atoms with Gasteiger partial charge in [0.15, 0.2) is 6.29 Å². The van der Waals surface area contributed by atoms with Gasteiger partial charge in [0, 0.05) is 13.2 Å². The molecular weight excluding hydrogens is 128 g/mol. The number of hydrogen-bond donors (Lipinski definition) is 0. The molecular formula is C8H16O2. The molecule has 0 atom stereocenters. The van der Waals surface area contributed by atoms with Crippen LogP contribution in [0, 0.1) is 0 Å². The second-order valence-corrected chi connectivity index (χ2v) is 2.67. The van der Waals surface area contributed by atoms with E-state index in [1.165, 1.54) is 0 Å². The topological polar surface area (TPSA) is 18.5 Å². The summed E-state index contributed by atoms with van der Waals surface area (Å²) in [5.41, 5.74) is 0. The van der Waals surface area contributed by atoms with E-state index < -0.39 is 0 Å². The monoisotopic (exact) mass is 144 g/mol. The second kappa shape index (κ2) is 4.69. The van der Waals surface area contributed by atoms with Gasteiger partial charge in [0.25, 0.3) is 0 Å². The van der Waals surface area contributed by atoms with Gasteiger partial charge in [-0.15, -0.1) is 0 Å². The smallest absolute Gasteiger partial charge is 0.157 e. The zero-order valence-electron chi connectivity index (χ0n) is 6.64. The molecule has 1 saturated heterocycles. The van der Waals surface area contributed by atoms with Crippen molar-refractivity contribution in [1.82, 2.24) is 0 Å². The summed E-state index contributed by atoms with van der Waals surface area (Å²) >= 11 is 0. The summed E-state index contributed by atoms with van der Waals surface area (Å²) in [5.74, 6) is 0. The van der Waals surface area contributed by atoms with Gasteiger partial charge in [-0.2, -0.15) is 0 Å². The van der Waals surface area contributed by atoms with Crippen molar-refractivity contribution in [1.29, 1.82) is 0 Å². The molecule has 1 heterocycles. The fourth-order valence-corrected chi connectivity index (χ4v) is 1.08. The van der Waals surface area contributed by atoms with E-state index in [0.717, 1.165) is 38.9 Å². The first-order chi connectivity index (χ1) is 4.93. The molecule has 0 N–H and O–H groups in total. The Morgan fingerprint density at radius 2 is 1.80 bits per heavy atom. The van der Waals surface area contributed by atoms with Gasteiger partial charge >= 0.3 is 0 Å². The van der Waals surface area contributed by atoms with Crippen LogP contribution in [0.2, 0.25) is 0 Å². The molecule has 0 aromatic carbocycles. The Hall–Kier alpha value is -0.0800. The molecule has 0 aromatic rings. The maximum Gasteiger partial charge on any atom is 0.157 e. The van der Waals surface area contributed by atoms with E-state index in [9.17, 15) is 0 Å². The standard InChI is InChI=1S/C8H16O2/c1-2-5-8-9-6-3-4-7-10-8/h8H,2-7H2,1H3. The molecule has 0 aliphatic carbocycles. The molecule has 0 aromatic heterocycles. The van der Waals surface area contributed by atoms with Crippen LogP contribution in [0.25, 0.3) is 0 Å². The van der Waals surface area contributed by atoms with Crippen LogP contribution in [0.1, 0.15) is 32.6 Å². The van der Waals surface area contributed by atoms with E-state index in [2.05, 4.69) is 6.92 Å². The average molecular weight is 144 g/mol. The quantitative estimate of drug-likeness (QED) is 0.589. The van der Waals surface area contributed by atoms with Crippen LogP contribution in [0.3, 0.4) is 0 Å². The molecule has 0 bridgehead atoms. The summed E-state index contributed by atoms with van der Waals surface area (Å²) in [6.07, 6.45) is 4.58. The van der Waals surface area contributed by atoms with Crippen LogP contribution in [0.4, 0.5) is 0 Å². The number of rotatable bonds is 2. The molecule has 1 fully saturated rings. The van der Waals surface area contributed by atoms with Gasteiger partial charge in [-0.1, -0.05) is 13.3 Å². The van der Waals surface area contributed by atoms with Crippen molar-refractivity contribution in [3.05, 3.63) is 0 Å². The van der Waals surface area contributed by atoms with Crippen molar-refractivity contribution < 1.29 is 9.47 Å². The Balaban J connectivity index is 2.15. The van der Waals surface area contributed by atoms with Crippen LogP contribution in [-0.4, -0.2) is 19.5 Å². The molecule has 0 radical (unpaired) electrons. The molecule has 1 aliphatic heterocycles. The largest absolute Gasteiger partial charge is 0.353 e. The van der Waals surface area contributed by atoms with Gasteiger partial charge in [0.1, 0.15) is 0 Å². The van der Waals surface area contributed by atoms with Gasteiger partial charge in [0.2, 0.25) is 0 Å². The summed E-state index contributed by atoms with van der Waals surface area (Å²) in [6, 6.07) is 0. The molecule has 0 saturated carbocycles. The lowest BCUT2D eigenvalue weighted by molar-refractivity contribution is -0.129. The molecule has 60 valence electrons. The average Bonchev–Trinajstić information content (AvgIpc) is 2.17. The maximum atomic E-state index is 5.42. The van der Waals surface area contributed by atoms with Crippen molar-refractivity contribution >= 4 is 0 Å². The summed E-state index contributed by atoms with van der Waals surface area (Å²) < 4.78 is 10.8. The Morgan fingerprint density at radius 3 is 2.30 bits per heavy atom. The summed E-state index contributed by atoms with van der Waals surface area (Å²) in [5, 5.41) is 0. The van der Waals surface area contributed by atoms with Crippen molar-refractivity contribution in [2.75, 3.05) is 13.2 Å². The third-order valence-electron chi connectivity index (χ3n) is 1.67. The second-order valence-electron chi connectivity index (χ2n) is 2.67. The molecule has 2 nitrogen and oxygen atoms in total. The number of ether oxygens (including phenoxy) is 2. The van der Waals surface area contributed by atoms with E-state index in [1.54, 1.807) is 0 Å². The molecule has 1 rings (SSSR count). The molecule has 0 amide bonds. The molecule has 0 unspecified atom stereocenters. The van der Waals surface area contributed by atoms with Gasteiger partial charge in [0.05, 0.1) is 0 Å². The highest BCUT2D eigenvalue weighted by atomic mass is 16.7. The van der Waals surface area contributed by atoms with Crippen molar-refractivity contribution in [2.45, 2.75) is 38.9 Å². The molecule has 0 spiro atoms. The lowest BCUT2D eigenvalue weighted by Gasteiger charge is -2.13. The van der Waals surface area contributed by atoms with Crippen molar-refractivity contribution in [3.63, 3.8) is 0 Å². The zero-order chi connectivity index (χ0) is 7.23. The van der Waals surface area contributed by atoms with Gasteiger partial charge in [-0.3, -0.25) is 0 Å². The lowest BCUT2D eigenvalue weighted by atomic mass is 10.3. The minimum atomic E-state index is 0.0903. The van der Waals surface area contributed by atoms with E-state index in [0.29, 0.717) is 0 Å². The molecule has 2 heteroatoms. The first kappa shape index (κ1) is 8.02. The highest BCUT2D eigenvalue weighted by Gasteiger charge is 2.10. The highest BCUT2D eigenvalue weighted by Crippen LogP contribution is 2.09. The SMILES string of the molecule is CCCC1OCCCCO1. The summed E-state index contributed by atoms with van der Waals surface area (Å²) in [4.78, 5) is 0. The lowest BCUT2D eigenvalue weighted by Crippen LogP contribution is -2.14. The van der Waals surface area contributed by atoms with Crippen LogP contribution < -0.4 is 0 Å². The van der Waals surface area contributed by atoms with Crippen LogP contribution in [0.5, 0.6) is 0 Å². The van der Waals surface area contributed by atoms with Crippen molar-refractivity contribution in [2.24, 2.45) is 0 Å². The van der Waals surface area contributed by atoms with Gasteiger partial charge in [-0.25, -0.2) is 0 Å². The normalized spacial score (nSPS) is 22.5.